The summed E-state index contributed by atoms with van der Waals surface area (Å²) in [4.78, 5) is 27.8. The van der Waals surface area contributed by atoms with Crippen molar-refractivity contribution < 1.29 is 9.47 Å². The molecule has 0 spiro atoms. The number of H-pyrrole nitrogens is 1. The highest BCUT2D eigenvalue weighted by Crippen LogP contribution is 2.33. The van der Waals surface area contributed by atoms with Gasteiger partial charge in [-0.25, -0.2) is 0 Å². The number of benzene rings is 2. The third kappa shape index (κ3) is 4.88. The van der Waals surface area contributed by atoms with Crippen LogP contribution in [-0.2, 0) is 4.74 Å². The van der Waals surface area contributed by atoms with Crippen molar-refractivity contribution in [2.75, 3.05) is 43.2 Å². The number of nitrogens with one attached hydrogen (secondary N) is 1. The van der Waals surface area contributed by atoms with Gasteiger partial charge in [0.1, 0.15) is 5.75 Å². The fourth-order valence-corrected chi connectivity index (χ4v) is 4.06. The van der Waals surface area contributed by atoms with Gasteiger partial charge in [0.25, 0.3) is 5.56 Å². The molecule has 1 saturated heterocycles. The van der Waals surface area contributed by atoms with Gasteiger partial charge in [-0.3, -0.25) is 14.8 Å². The molecule has 4 aromatic rings. The minimum absolute atomic E-state index is 0.126. The molecule has 8 heteroatoms. The van der Waals surface area contributed by atoms with E-state index in [4.69, 9.17) is 9.47 Å². The molecule has 3 heterocycles. The Balaban J connectivity index is 1.39. The summed E-state index contributed by atoms with van der Waals surface area (Å²) in [6.07, 6.45) is 3.10. The van der Waals surface area contributed by atoms with Crippen LogP contribution in [0.3, 0.4) is 0 Å². The Labute approximate surface area is 203 Å². The van der Waals surface area contributed by atoms with Gasteiger partial charge in [-0.1, -0.05) is 12.2 Å². The Morgan fingerprint density at radius 1 is 1.11 bits per heavy atom. The maximum Gasteiger partial charge on any atom is 0.302 e. The molecule has 1 aliphatic rings. The summed E-state index contributed by atoms with van der Waals surface area (Å²) in [6.45, 7) is 9.38. The van der Waals surface area contributed by atoms with Crippen molar-refractivity contribution in [1.82, 2.24) is 15.0 Å². The average molecular weight is 470 g/mol. The molecule has 0 bridgehead atoms. The van der Waals surface area contributed by atoms with Gasteiger partial charge >= 0.3 is 6.01 Å². The predicted octanol–water partition coefficient (Wildman–Crippen LogP) is 4.75. The van der Waals surface area contributed by atoms with Gasteiger partial charge in [-0.15, -0.1) is 0 Å². The first-order valence-corrected chi connectivity index (χ1v) is 11.5. The van der Waals surface area contributed by atoms with Crippen molar-refractivity contribution in [2.45, 2.75) is 6.92 Å². The van der Waals surface area contributed by atoms with Crippen LogP contribution in [0.1, 0.15) is 12.5 Å². The van der Waals surface area contributed by atoms with Gasteiger partial charge < -0.3 is 19.3 Å². The standard InChI is InChI=1S/C27H27N5O3/c1-18(2)19-14-21(16-22(15-19)32-10-12-34-13-11-32)31(3)20-4-6-23(7-5-20)35-27-29-25-17-28-9-8-24(25)26(33)30-27/h4-9,14-17H,1,10-13H2,2-3H3,(H,29,30,33). The number of aromatic amines is 1. The van der Waals surface area contributed by atoms with Crippen molar-refractivity contribution in [3.8, 4) is 11.8 Å². The molecule has 178 valence electrons. The Morgan fingerprint density at radius 2 is 1.89 bits per heavy atom. The summed E-state index contributed by atoms with van der Waals surface area (Å²) in [5, 5.41) is 0.470. The topological polar surface area (TPSA) is 83.6 Å². The van der Waals surface area contributed by atoms with E-state index < -0.39 is 0 Å². The minimum Gasteiger partial charge on any atom is -0.426 e. The first-order chi connectivity index (χ1) is 17.0. The van der Waals surface area contributed by atoms with E-state index in [0.29, 0.717) is 16.7 Å². The molecule has 0 aliphatic carbocycles. The number of nitrogens with zero attached hydrogens (tertiary/aromatic N) is 4. The maximum absolute atomic E-state index is 12.3. The quantitative estimate of drug-likeness (QED) is 0.436. The van der Waals surface area contributed by atoms with Crippen LogP contribution in [0, 0.1) is 0 Å². The van der Waals surface area contributed by atoms with E-state index in [1.807, 2.05) is 38.2 Å². The molecule has 0 atom stereocenters. The second-order valence-corrected chi connectivity index (χ2v) is 8.54. The first-order valence-electron chi connectivity index (χ1n) is 11.5. The highest BCUT2D eigenvalue weighted by Gasteiger charge is 2.15. The summed E-state index contributed by atoms with van der Waals surface area (Å²) >= 11 is 0. The molecule has 1 aliphatic heterocycles. The molecule has 1 fully saturated rings. The van der Waals surface area contributed by atoms with Crippen molar-refractivity contribution in [2.24, 2.45) is 0 Å². The summed E-state index contributed by atoms with van der Waals surface area (Å²) < 4.78 is 11.3. The summed E-state index contributed by atoms with van der Waals surface area (Å²) in [5.41, 5.74) is 5.56. The molecule has 2 aromatic carbocycles. The summed E-state index contributed by atoms with van der Waals surface area (Å²) in [6, 6.07) is 15.9. The Bertz CT molecular complexity index is 1430. The van der Waals surface area contributed by atoms with E-state index in [-0.39, 0.29) is 11.6 Å². The number of aromatic nitrogens is 3. The van der Waals surface area contributed by atoms with Crippen molar-refractivity contribution in [3.05, 3.63) is 83.4 Å². The van der Waals surface area contributed by atoms with E-state index in [1.54, 1.807) is 18.5 Å². The van der Waals surface area contributed by atoms with Gasteiger partial charge in [-0.2, -0.15) is 4.98 Å². The third-order valence-electron chi connectivity index (χ3n) is 6.08. The zero-order valence-corrected chi connectivity index (χ0v) is 19.8. The number of hydrogen-bond donors (Lipinski definition) is 1. The molecule has 5 rings (SSSR count). The molecule has 8 nitrogen and oxygen atoms in total. The lowest BCUT2D eigenvalue weighted by Crippen LogP contribution is -2.36. The number of allylic oxidation sites excluding steroid dienone is 1. The lowest BCUT2D eigenvalue weighted by molar-refractivity contribution is 0.122. The number of anilines is 3. The van der Waals surface area contributed by atoms with Gasteiger partial charge in [0.05, 0.1) is 30.3 Å². The predicted molar refractivity (Wildman–Crippen MR) is 139 cm³/mol. The number of ether oxygens (including phenoxy) is 2. The Morgan fingerprint density at radius 3 is 2.63 bits per heavy atom. The van der Waals surface area contributed by atoms with Crippen molar-refractivity contribution in [1.29, 1.82) is 0 Å². The molecular formula is C27H27N5O3. The van der Waals surface area contributed by atoms with Gasteiger partial charge in [0.15, 0.2) is 0 Å². The monoisotopic (exact) mass is 469 g/mol. The van der Waals surface area contributed by atoms with Crippen molar-refractivity contribution in [3.63, 3.8) is 0 Å². The molecule has 0 unspecified atom stereocenters. The van der Waals surface area contributed by atoms with Crippen LogP contribution in [0.5, 0.6) is 11.8 Å². The zero-order chi connectivity index (χ0) is 24.4. The van der Waals surface area contributed by atoms with E-state index in [2.05, 4.69) is 49.5 Å². The Hall–Kier alpha value is -4.17. The zero-order valence-electron chi connectivity index (χ0n) is 19.8. The molecule has 0 radical (unpaired) electrons. The fraction of sp³-hybridized carbons (Fsp3) is 0.222. The third-order valence-corrected chi connectivity index (χ3v) is 6.08. The molecule has 2 aromatic heterocycles. The number of fused-ring (bicyclic) bond motifs is 1. The molecule has 35 heavy (non-hydrogen) atoms. The largest absolute Gasteiger partial charge is 0.426 e. The lowest BCUT2D eigenvalue weighted by Gasteiger charge is -2.31. The van der Waals surface area contributed by atoms with E-state index in [0.717, 1.165) is 54.5 Å². The van der Waals surface area contributed by atoms with E-state index in [9.17, 15) is 4.79 Å². The average Bonchev–Trinajstić information content (AvgIpc) is 2.89. The van der Waals surface area contributed by atoms with Crippen LogP contribution in [0.25, 0.3) is 16.5 Å². The second kappa shape index (κ2) is 9.60. The SMILES string of the molecule is C=C(C)c1cc(N2CCOCC2)cc(N(C)c2ccc(Oc3nc4cnccc4c(=O)[nH]3)cc2)c1. The van der Waals surface area contributed by atoms with Crippen LogP contribution in [-0.4, -0.2) is 48.3 Å². The molecule has 1 N–H and O–H groups in total. The number of hydrogen-bond acceptors (Lipinski definition) is 7. The van der Waals surface area contributed by atoms with Crippen LogP contribution < -0.4 is 20.1 Å². The van der Waals surface area contributed by atoms with Crippen LogP contribution in [0.15, 0.2) is 72.3 Å². The van der Waals surface area contributed by atoms with Crippen LogP contribution >= 0.6 is 0 Å². The number of pyridine rings is 1. The van der Waals surface area contributed by atoms with E-state index in [1.165, 1.54) is 0 Å². The highest BCUT2D eigenvalue weighted by molar-refractivity contribution is 5.77. The van der Waals surface area contributed by atoms with Crippen LogP contribution in [0.2, 0.25) is 0 Å². The van der Waals surface area contributed by atoms with E-state index >= 15 is 0 Å². The van der Waals surface area contributed by atoms with Gasteiger partial charge in [0.2, 0.25) is 0 Å². The van der Waals surface area contributed by atoms with Gasteiger partial charge in [-0.05, 0) is 61.0 Å². The summed E-state index contributed by atoms with van der Waals surface area (Å²) in [7, 11) is 2.03. The lowest BCUT2D eigenvalue weighted by atomic mass is 10.1. The second-order valence-electron chi connectivity index (χ2n) is 8.54. The van der Waals surface area contributed by atoms with Crippen LogP contribution in [0.4, 0.5) is 17.1 Å². The summed E-state index contributed by atoms with van der Waals surface area (Å²) in [5.74, 6) is 0.568. The number of rotatable bonds is 6. The molecular weight excluding hydrogens is 442 g/mol. The normalized spacial score (nSPS) is 13.6. The van der Waals surface area contributed by atoms with Crippen molar-refractivity contribution >= 4 is 33.5 Å². The molecule has 0 amide bonds. The van der Waals surface area contributed by atoms with Gasteiger partial charge in [0, 0.05) is 43.4 Å². The fourth-order valence-electron chi connectivity index (χ4n) is 4.06. The maximum atomic E-state index is 12.3. The first kappa shape index (κ1) is 22.6. The number of morpholine rings is 1. The highest BCUT2D eigenvalue weighted by atomic mass is 16.5. The smallest absolute Gasteiger partial charge is 0.302 e. The molecule has 0 saturated carbocycles. The Kier molecular flexibility index (Phi) is 6.20. The minimum atomic E-state index is -0.266.